The highest BCUT2D eigenvalue weighted by atomic mass is 15.2. The molecule has 1 aliphatic rings. The summed E-state index contributed by atoms with van der Waals surface area (Å²) < 4.78 is 0. The third-order valence-electron chi connectivity index (χ3n) is 4.92. The van der Waals surface area contributed by atoms with E-state index in [9.17, 15) is 0 Å². The molecular weight excluding hydrogens is 340 g/mol. The zero-order valence-electron chi connectivity index (χ0n) is 15.0. The summed E-state index contributed by atoms with van der Waals surface area (Å²) in [5.41, 5.74) is 5.55. The van der Waals surface area contributed by atoms with Gasteiger partial charge < -0.3 is 15.6 Å². The minimum Gasteiger partial charge on any atom is -0.350 e. The largest absolute Gasteiger partial charge is 0.350 e. The third kappa shape index (κ3) is 3.21. The van der Waals surface area contributed by atoms with Crippen molar-refractivity contribution in [1.29, 1.82) is 0 Å². The van der Waals surface area contributed by atoms with Gasteiger partial charge in [-0.1, -0.05) is 6.07 Å². The van der Waals surface area contributed by atoms with Crippen LogP contribution in [0.3, 0.4) is 0 Å². The van der Waals surface area contributed by atoms with Gasteiger partial charge in [0.1, 0.15) is 5.82 Å². The number of H-pyrrole nitrogens is 2. The lowest BCUT2D eigenvalue weighted by atomic mass is 10.1. The Morgan fingerprint density at radius 3 is 2.96 bits per heavy atom. The van der Waals surface area contributed by atoms with Crippen LogP contribution in [0.2, 0.25) is 0 Å². The number of hydrogen-bond donors (Lipinski definition) is 4. The van der Waals surface area contributed by atoms with Crippen molar-refractivity contribution in [2.75, 3.05) is 10.6 Å². The molecule has 8 heteroatoms. The topological polar surface area (TPSA) is 107 Å². The standard InChI is InChI=1S/C19H20N8/c1-11-13(4-5-14-18(11)23-10-22-14)9-21-19-20-7-6-16(25-19)24-17-8-15(26-27-17)12-2-3-12/h4-8,10,12H,2-3,9H2,1H3,(H,22,23)(H3,20,21,24,25,26,27). The van der Waals surface area contributed by atoms with Gasteiger partial charge in [0.05, 0.1) is 17.4 Å². The van der Waals surface area contributed by atoms with Crippen LogP contribution in [0.4, 0.5) is 17.6 Å². The molecule has 1 aliphatic carbocycles. The molecular formula is C19H20N8. The predicted octanol–water partition coefficient (Wildman–Crippen LogP) is 3.62. The molecule has 1 fully saturated rings. The van der Waals surface area contributed by atoms with Gasteiger partial charge in [0.25, 0.3) is 0 Å². The molecule has 0 aliphatic heterocycles. The Morgan fingerprint density at radius 1 is 1.15 bits per heavy atom. The molecule has 5 rings (SSSR count). The molecule has 0 bridgehead atoms. The highest BCUT2D eigenvalue weighted by molar-refractivity contribution is 5.79. The summed E-state index contributed by atoms with van der Waals surface area (Å²) in [5.74, 6) is 2.70. The van der Waals surface area contributed by atoms with Gasteiger partial charge >= 0.3 is 0 Å². The van der Waals surface area contributed by atoms with Crippen LogP contribution >= 0.6 is 0 Å². The number of imidazole rings is 1. The van der Waals surface area contributed by atoms with E-state index in [1.807, 2.05) is 12.1 Å². The molecule has 1 aromatic carbocycles. The maximum Gasteiger partial charge on any atom is 0.224 e. The van der Waals surface area contributed by atoms with E-state index in [0.717, 1.165) is 28.0 Å². The fourth-order valence-corrected chi connectivity index (χ4v) is 3.21. The summed E-state index contributed by atoms with van der Waals surface area (Å²) >= 11 is 0. The van der Waals surface area contributed by atoms with E-state index >= 15 is 0 Å². The van der Waals surface area contributed by atoms with Gasteiger partial charge in [0.15, 0.2) is 5.82 Å². The number of nitrogens with one attached hydrogen (secondary N) is 4. The van der Waals surface area contributed by atoms with Gasteiger partial charge in [-0.05, 0) is 43.0 Å². The fraction of sp³-hybridized carbons (Fsp3) is 0.263. The number of anilines is 3. The Bertz CT molecular complexity index is 1090. The normalized spacial score (nSPS) is 13.8. The second-order valence-electron chi connectivity index (χ2n) is 6.88. The van der Waals surface area contributed by atoms with Gasteiger partial charge in [0, 0.05) is 30.4 Å². The minimum atomic E-state index is 0.569. The molecule has 4 aromatic rings. The first-order valence-electron chi connectivity index (χ1n) is 9.07. The maximum absolute atomic E-state index is 4.53. The molecule has 27 heavy (non-hydrogen) atoms. The number of nitrogens with zero attached hydrogens (tertiary/aromatic N) is 4. The Hall–Kier alpha value is -3.42. The van der Waals surface area contributed by atoms with Gasteiger partial charge in [0.2, 0.25) is 5.95 Å². The zero-order chi connectivity index (χ0) is 18.2. The van der Waals surface area contributed by atoms with Gasteiger partial charge in [-0.2, -0.15) is 10.1 Å². The number of aryl methyl sites for hydroxylation is 1. The van der Waals surface area contributed by atoms with Crippen LogP contribution in [0.5, 0.6) is 0 Å². The lowest BCUT2D eigenvalue weighted by Crippen LogP contribution is -2.06. The van der Waals surface area contributed by atoms with Gasteiger partial charge in [-0.15, -0.1) is 0 Å². The number of hydrogen-bond acceptors (Lipinski definition) is 6. The van der Waals surface area contributed by atoms with Crippen LogP contribution in [-0.2, 0) is 6.54 Å². The average Bonchev–Trinajstić information content (AvgIpc) is 3.23. The predicted molar refractivity (Wildman–Crippen MR) is 104 cm³/mol. The first-order valence-corrected chi connectivity index (χ1v) is 9.07. The summed E-state index contributed by atoms with van der Waals surface area (Å²) in [6.45, 7) is 2.71. The maximum atomic E-state index is 4.53. The van der Waals surface area contributed by atoms with E-state index in [0.29, 0.717) is 24.2 Å². The van der Waals surface area contributed by atoms with Crippen molar-refractivity contribution in [2.45, 2.75) is 32.2 Å². The lowest BCUT2D eigenvalue weighted by molar-refractivity contribution is 0.966. The molecule has 0 atom stereocenters. The highest BCUT2D eigenvalue weighted by Gasteiger charge is 2.25. The molecule has 0 amide bonds. The van der Waals surface area contributed by atoms with E-state index in [2.05, 4.69) is 59.8 Å². The first kappa shape index (κ1) is 15.8. The monoisotopic (exact) mass is 360 g/mol. The van der Waals surface area contributed by atoms with Crippen molar-refractivity contribution >= 4 is 28.6 Å². The Balaban J connectivity index is 1.28. The smallest absolute Gasteiger partial charge is 0.224 e. The van der Waals surface area contributed by atoms with Crippen molar-refractivity contribution in [3.8, 4) is 0 Å². The molecule has 0 saturated heterocycles. The van der Waals surface area contributed by atoms with Crippen LogP contribution in [-0.4, -0.2) is 30.1 Å². The second kappa shape index (κ2) is 6.39. The number of benzene rings is 1. The molecule has 8 nitrogen and oxygen atoms in total. The van der Waals surface area contributed by atoms with E-state index in [-0.39, 0.29) is 0 Å². The highest BCUT2D eigenvalue weighted by Crippen LogP contribution is 2.39. The van der Waals surface area contributed by atoms with E-state index in [1.54, 1.807) is 12.5 Å². The molecule has 136 valence electrons. The number of aromatic nitrogens is 6. The molecule has 0 radical (unpaired) electrons. The molecule has 3 heterocycles. The summed E-state index contributed by atoms with van der Waals surface area (Å²) in [4.78, 5) is 16.3. The van der Waals surface area contributed by atoms with Crippen molar-refractivity contribution in [1.82, 2.24) is 30.1 Å². The van der Waals surface area contributed by atoms with Crippen LogP contribution < -0.4 is 10.6 Å². The molecule has 1 saturated carbocycles. The Kier molecular flexibility index (Phi) is 3.74. The first-order chi connectivity index (χ1) is 13.3. The zero-order valence-corrected chi connectivity index (χ0v) is 15.0. The molecule has 0 spiro atoms. The summed E-state index contributed by atoms with van der Waals surface area (Å²) in [6, 6.07) is 8.02. The minimum absolute atomic E-state index is 0.569. The lowest BCUT2D eigenvalue weighted by Gasteiger charge is -2.09. The quantitative estimate of drug-likeness (QED) is 0.418. The number of fused-ring (bicyclic) bond motifs is 1. The van der Waals surface area contributed by atoms with E-state index < -0.39 is 0 Å². The van der Waals surface area contributed by atoms with Crippen molar-refractivity contribution in [2.24, 2.45) is 0 Å². The second-order valence-corrected chi connectivity index (χ2v) is 6.88. The summed E-state index contributed by atoms with van der Waals surface area (Å²) in [5, 5.41) is 13.9. The van der Waals surface area contributed by atoms with Gasteiger partial charge in [-0.25, -0.2) is 9.97 Å². The van der Waals surface area contributed by atoms with Crippen molar-refractivity contribution in [3.05, 3.63) is 53.6 Å². The number of aromatic amines is 2. The van der Waals surface area contributed by atoms with E-state index in [4.69, 9.17) is 0 Å². The molecule has 0 unspecified atom stereocenters. The fourth-order valence-electron chi connectivity index (χ4n) is 3.21. The third-order valence-corrected chi connectivity index (χ3v) is 4.92. The van der Waals surface area contributed by atoms with Gasteiger partial charge in [-0.3, -0.25) is 5.10 Å². The summed E-state index contributed by atoms with van der Waals surface area (Å²) in [6.07, 6.45) is 5.94. The van der Waals surface area contributed by atoms with E-state index in [1.165, 1.54) is 18.5 Å². The Morgan fingerprint density at radius 2 is 2.07 bits per heavy atom. The van der Waals surface area contributed by atoms with Crippen molar-refractivity contribution < 1.29 is 0 Å². The molecule has 3 aromatic heterocycles. The Labute approximate surface area is 155 Å². The van der Waals surface area contributed by atoms with Crippen LogP contribution in [0.1, 0.15) is 35.6 Å². The van der Waals surface area contributed by atoms with Crippen molar-refractivity contribution in [3.63, 3.8) is 0 Å². The SMILES string of the molecule is Cc1c(CNc2nccc(Nc3cc(C4CC4)[nH]n3)n2)ccc2[nH]cnc12. The van der Waals surface area contributed by atoms with Crippen LogP contribution in [0.15, 0.2) is 36.8 Å². The molecule has 4 N–H and O–H groups in total. The summed E-state index contributed by atoms with van der Waals surface area (Å²) in [7, 11) is 0. The average molecular weight is 360 g/mol. The van der Waals surface area contributed by atoms with Crippen LogP contribution in [0.25, 0.3) is 11.0 Å². The van der Waals surface area contributed by atoms with Crippen LogP contribution in [0, 0.1) is 6.92 Å². The number of rotatable bonds is 6.